The Hall–Kier alpha value is -1.94. The molecule has 1 heterocycles. The summed E-state index contributed by atoms with van der Waals surface area (Å²) in [6, 6.07) is 8.31. The summed E-state index contributed by atoms with van der Waals surface area (Å²) in [4.78, 5) is 11.0. The topological polar surface area (TPSA) is 49.2 Å². The first kappa shape index (κ1) is 15.4. The van der Waals surface area contributed by atoms with E-state index in [0.29, 0.717) is 5.69 Å². The first-order valence-electron chi connectivity index (χ1n) is 7.25. The van der Waals surface area contributed by atoms with E-state index in [0.717, 1.165) is 18.1 Å². The molecule has 0 saturated heterocycles. The Morgan fingerprint density at radius 3 is 2.57 bits per heavy atom. The Kier molecular flexibility index (Phi) is 4.91. The molecule has 2 rings (SSSR count). The minimum atomic E-state index is -0.0737. The van der Waals surface area contributed by atoms with Crippen molar-refractivity contribution in [3.63, 3.8) is 0 Å². The highest BCUT2D eigenvalue weighted by atomic mass is 16.3. The van der Waals surface area contributed by atoms with Crippen LogP contribution < -0.4 is 4.90 Å². The molecule has 0 aliphatic heterocycles. The van der Waals surface area contributed by atoms with Crippen molar-refractivity contribution in [2.24, 2.45) is 0 Å². The number of aliphatic hydroxyl groups excluding tert-OH is 1. The average Bonchev–Trinajstić information content (AvgIpc) is 2.48. The summed E-state index contributed by atoms with van der Waals surface area (Å²) >= 11 is 0. The first-order chi connectivity index (χ1) is 10.0. The van der Waals surface area contributed by atoms with Gasteiger partial charge in [-0.3, -0.25) is 0 Å². The lowest BCUT2D eigenvalue weighted by Gasteiger charge is -2.22. The molecule has 2 aromatic rings. The lowest BCUT2D eigenvalue weighted by Crippen LogP contribution is -2.20. The second-order valence-electron chi connectivity index (χ2n) is 5.66. The van der Waals surface area contributed by atoms with Crippen LogP contribution in [0.25, 0.3) is 0 Å². The van der Waals surface area contributed by atoms with Gasteiger partial charge in [0.2, 0.25) is 0 Å². The fraction of sp³-hybridized carbons (Fsp3) is 0.412. The van der Waals surface area contributed by atoms with E-state index in [1.54, 1.807) is 0 Å². The monoisotopic (exact) mass is 285 g/mol. The summed E-state index contributed by atoms with van der Waals surface area (Å²) in [6.07, 6.45) is 1.81. The zero-order valence-corrected chi connectivity index (χ0v) is 13.2. The van der Waals surface area contributed by atoms with Gasteiger partial charge in [-0.25, -0.2) is 9.97 Å². The van der Waals surface area contributed by atoms with Crippen LogP contribution >= 0.6 is 0 Å². The van der Waals surface area contributed by atoms with E-state index in [4.69, 9.17) is 0 Å². The second kappa shape index (κ2) is 6.68. The molecule has 0 saturated carbocycles. The van der Waals surface area contributed by atoms with Crippen molar-refractivity contribution in [2.45, 2.75) is 39.8 Å². The SMILES string of the molecule is Cc1ccccc1CN(C)c1cnc(C(C)C)nc1CO. The van der Waals surface area contributed by atoms with Gasteiger partial charge in [-0.05, 0) is 18.1 Å². The van der Waals surface area contributed by atoms with Crippen molar-refractivity contribution in [1.82, 2.24) is 9.97 Å². The third kappa shape index (κ3) is 3.58. The minimum Gasteiger partial charge on any atom is -0.390 e. The van der Waals surface area contributed by atoms with E-state index in [2.05, 4.69) is 33.9 Å². The van der Waals surface area contributed by atoms with E-state index < -0.39 is 0 Å². The summed E-state index contributed by atoms with van der Waals surface area (Å²) in [7, 11) is 2.00. The smallest absolute Gasteiger partial charge is 0.131 e. The van der Waals surface area contributed by atoms with Crippen LogP contribution in [0.5, 0.6) is 0 Å². The van der Waals surface area contributed by atoms with E-state index >= 15 is 0 Å². The van der Waals surface area contributed by atoms with Crippen molar-refractivity contribution in [3.05, 3.63) is 53.1 Å². The number of aliphatic hydroxyl groups is 1. The maximum Gasteiger partial charge on any atom is 0.131 e. The number of anilines is 1. The molecule has 0 radical (unpaired) electrons. The van der Waals surface area contributed by atoms with Gasteiger partial charge in [0, 0.05) is 19.5 Å². The third-order valence-electron chi connectivity index (χ3n) is 3.61. The van der Waals surface area contributed by atoms with E-state index in [1.807, 2.05) is 39.2 Å². The fourth-order valence-electron chi connectivity index (χ4n) is 2.27. The van der Waals surface area contributed by atoms with Crippen LogP contribution in [0, 0.1) is 6.92 Å². The summed E-state index contributed by atoms with van der Waals surface area (Å²) in [5, 5.41) is 9.58. The average molecular weight is 285 g/mol. The predicted octanol–water partition coefficient (Wildman–Crippen LogP) is 3.04. The van der Waals surface area contributed by atoms with Gasteiger partial charge >= 0.3 is 0 Å². The molecule has 4 heteroatoms. The molecule has 1 N–H and O–H groups in total. The summed E-state index contributed by atoms with van der Waals surface area (Å²) in [6.45, 7) is 6.90. The standard InChI is InChI=1S/C17H23N3O/c1-12(2)17-18-9-16(15(11-21)19-17)20(4)10-14-8-6-5-7-13(14)3/h5-9,12,21H,10-11H2,1-4H3. The van der Waals surface area contributed by atoms with Gasteiger partial charge in [-0.1, -0.05) is 38.1 Å². The Morgan fingerprint density at radius 2 is 1.95 bits per heavy atom. The first-order valence-corrected chi connectivity index (χ1v) is 7.25. The number of aromatic nitrogens is 2. The van der Waals surface area contributed by atoms with Crippen molar-refractivity contribution >= 4 is 5.69 Å². The van der Waals surface area contributed by atoms with Gasteiger partial charge in [-0.15, -0.1) is 0 Å². The molecule has 0 aliphatic rings. The highest BCUT2D eigenvalue weighted by molar-refractivity contribution is 5.49. The summed E-state index contributed by atoms with van der Waals surface area (Å²) in [5.74, 6) is 1.03. The van der Waals surface area contributed by atoms with Gasteiger partial charge in [0.15, 0.2) is 0 Å². The molecule has 0 aliphatic carbocycles. The molecule has 0 unspecified atom stereocenters. The molecule has 4 nitrogen and oxygen atoms in total. The molecule has 0 atom stereocenters. The zero-order valence-electron chi connectivity index (χ0n) is 13.2. The molecule has 112 valence electrons. The van der Waals surface area contributed by atoms with Gasteiger partial charge in [0.05, 0.1) is 24.2 Å². The Balaban J connectivity index is 2.26. The molecule has 0 fully saturated rings. The molecule has 1 aromatic carbocycles. The fourth-order valence-corrected chi connectivity index (χ4v) is 2.27. The number of nitrogens with zero attached hydrogens (tertiary/aromatic N) is 3. The number of rotatable bonds is 5. The van der Waals surface area contributed by atoms with Crippen molar-refractivity contribution in [1.29, 1.82) is 0 Å². The van der Waals surface area contributed by atoms with Gasteiger partial charge in [0.25, 0.3) is 0 Å². The number of hydrogen-bond acceptors (Lipinski definition) is 4. The number of benzene rings is 1. The summed E-state index contributed by atoms with van der Waals surface area (Å²) < 4.78 is 0. The largest absolute Gasteiger partial charge is 0.390 e. The van der Waals surface area contributed by atoms with Crippen LogP contribution in [-0.4, -0.2) is 22.1 Å². The number of hydrogen-bond donors (Lipinski definition) is 1. The summed E-state index contributed by atoms with van der Waals surface area (Å²) in [5.41, 5.74) is 4.08. The number of aryl methyl sites for hydroxylation is 1. The molecule has 21 heavy (non-hydrogen) atoms. The Morgan fingerprint density at radius 1 is 1.24 bits per heavy atom. The van der Waals surface area contributed by atoms with Crippen LogP contribution in [0.4, 0.5) is 5.69 Å². The Bertz CT molecular complexity index is 611. The zero-order chi connectivity index (χ0) is 15.4. The normalized spacial score (nSPS) is 11.0. The van der Waals surface area contributed by atoms with E-state index in [1.165, 1.54) is 11.1 Å². The van der Waals surface area contributed by atoms with Gasteiger partial charge in [-0.2, -0.15) is 0 Å². The Labute approximate surface area is 126 Å². The molecular weight excluding hydrogens is 262 g/mol. The second-order valence-corrected chi connectivity index (χ2v) is 5.66. The third-order valence-corrected chi connectivity index (χ3v) is 3.61. The van der Waals surface area contributed by atoms with Gasteiger partial charge in [0.1, 0.15) is 5.82 Å². The van der Waals surface area contributed by atoms with Crippen molar-refractivity contribution in [2.75, 3.05) is 11.9 Å². The van der Waals surface area contributed by atoms with Crippen LogP contribution in [-0.2, 0) is 13.2 Å². The molecule has 1 aromatic heterocycles. The quantitative estimate of drug-likeness (QED) is 0.917. The van der Waals surface area contributed by atoms with Gasteiger partial charge < -0.3 is 10.0 Å². The van der Waals surface area contributed by atoms with Crippen molar-refractivity contribution in [3.8, 4) is 0 Å². The highest BCUT2D eigenvalue weighted by Gasteiger charge is 2.13. The molecule has 0 spiro atoms. The van der Waals surface area contributed by atoms with E-state index in [-0.39, 0.29) is 12.5 Å². The highest BCUT2D eigenvalue weighted by Crippen LogP contribution is 2.22. The van der Waals surface area contributed by atoms with E-state index in [9.17, 15) is 5.11 Å². The van der Waals surface area contributed by atoms with Crippen LogP contribution in [0.15, 0.2) is 30.5 Å². The molecular formula is C17H23N3O. The maximum atomic E-state index is 9.58. The molecule has 0 bridgehead atoms. The lowest BCUT2D eigenvalue weighted by atomic mass is 10.1. The lowest BCUT2D eigenvalue weighted by molar-refractivity contribution is 0.276. The molecule has 0 amide bonds. The van der Waals surface area contributed by atoms with Crippen LogP contribution in [0.1, 0.15) is 42.4 Å². The maximum absolute atomic E-state index is 9.58. The predicted molar refractivity (Wildman–Crippen MR) is 85.3 cm³/mol. The minimum absolute atomic E-state index is 0.0737. The van der Waals surface area contributed by atoms with Crippen molar-refractivity contribution < 1.29 is 5.11 Å². The van der Waals surface area contributed by atoms with Crippen LogP contribution in [0.2, 0.25) is 0 Å². The van der Waals surface area contributed by atoms with Crippen LogP contribution in [0.3, 0.4) is 0 Å².